The lowest BCUT2D eigenvalue weighted by atomic mass is 9.94. The summed E-state index contributed by atoms with van der Waals surface area (Å²) in [4.78, 5) is 28.7. The van der Waals surface area contributed by atoms with Crippen molar-refractivity contribution in [2.75, 3.05) is 39.5 Å². The second-order valence-electron chi connectivity index (χ2n) is 17.6. The van der Waals surface area contributed by atoms with E-state index >= 15 is 0 Å². The number of esters is 2. The lowest BCUT2D eigenvalue weighted by molar-refractivity contribution is -0.150. The van der Waals surface area contributed by atoms with Crippen LogP contribution >= 0.6 is 0 Å². The Labute approximate surface area is 348 Å². The number of hydrogen-bond acceptors (Lipinski definition) is 7. The summed E-state index contributed by atoms with van der Waals surface area (Å²) in [5.74, 6) is 0.266. The van der Waals surface area contributed by atoms with Crippen LogP contribution in [0.2, 0.25) is 0 Å². The van der Waals surface area contributed by atoms with E-state index in [0.29, 0.717) is 25.3 Å². The predicted molar refractivity (Wildman–Crippen MR) is 238 cm³/mol. The summed E-state index contributed by atoms with van der Waals surface area (Å²) in [5.41, 5.74) is 0. The van der Waals surface area contributed by atoms with E-state index in [9.17, 15) is 14.7 Å². The van der Waals surface area contributed by atoms with Gasteiger partial charge in [0.15, 0.2) is 0 Å². The van der Waals surface area contributed by atoms with E-state index in [1.54, 1.807) is 0 Å². The Bertz CT molecular complexity index is 807. The highest BCUT2D eigenvalue weighted by molar-refractivity contribution is 5.72. The van der Waals surface area contributed by atoms with Gasteiger partial charge in [-0.05, 0) is 57.8 Å². The molecule has 7 nitrogen and oxygen atoms in total. The van der Waals surface area contributed by atoms with Gasteiger partial charge in [-0.15, -0.1) is 0 Å². The fourth-order valence-corrected chi connectivity index (χ4v) is 8.62. The zero-order valence-electron chi connectivity index (χ0n) is 37.9. The van der Waals surface area contributed by atoms with Crippen LogP contribution in [0.1, 0.15) is 240 Å². The second-order valence-corrected chi connectivity index (χ2v) is 17.6. The zero-order valence-corrected chi connectivity index (χ0v) is 37.9. The number of aliphatic hydroxyl groups excluding tert-OH is 1. The molecule has 0 aromatic carbocycles. The van der Waals surface area contributed by atoms with Crippen molar-refractivity contribution in [3.8, 4) is 0 Å². The lowest BCUT2D eigenvalue weighted by Crippen LogP contribution is -2.56. The third-order valence-electron chi connectivity index (χ3n) is 12.2. The summed E-state index contributed by atoms with van der Waals surface area (Å²) >= 11 is 0. The summed E-state index contributed by atoms with van der Waals surface area (Å²) < 4.78 is 11.7. The van der Waals surface area contributed by atoms with Crippen LogP contribution in [0.3, 0.4) is 0 Å². The SMILES string of the molecule is CCCCCCCCC(CCCCCC)C(=O)OCCCCCC1CN(CCCO)CC(CCCCCOC(=O)C(CCCCCC)CCCCCCCC)N1. The number of ether oxygens (including phenoxy) is 2. The average Bonchev–Trinajstić information content (AvgIpc) is 3.20. The molecule has 1 heterocycles. The number of unbranched alkanes of at least 4 members (excludes halogenated alkanes) is 20. The maximum Gasteiger partial charge on any atom is 0.308 e. The number of carbonyl (C=O) groups is 2. The second kappa shape index (κ2) is 39.3. The van der Waals surface area contributed by atoms with E-state index in [1.165, 1.54) is 103 Å². The number of rotatable bonds is 41. The number of carbonyl (C=O) groups excluding carboxylic acids is 2. The Kier molecular flexibility index (Phi) is 37.1. The van der Waals surface area contributed by atoms with E-state index < -0.39 is 0 Å². The van der Waals surface area contributed by atoms with Crippen molar-refractivity contribution in [3.05, 3.63) is 0 Å². The molecule has 4 atom stereocenters. The van der Waals surface area contributed by atoms with Crippen LogP contribution in [0, 0.1) is 11.8 Å². The monoisotopic (exact) mass is 793 g/mol. The van der Waals surface area contributed by atoms with Crippen molar-refractivity contribution in [3.63, 3.8) is 0 Å². The summed E-state index contributed by atoms with van der Waals surface area (Å²) in [6.45, 7) is 13.4. The van der Waals surface area contributed by atoms with E-state index in [-0.39, 0.29) is 30.4 Å². The number of aliphatic hydroxyl groups is 1. The summed E-state index contributed by atoms with van der Waals surface area (Å²) in [6.07, 6.45) is 38.3. The molecule has 0 bridgehead atoms. The Morgan fingerprint density at radius 3 is 1.21 bits per heavy atom. The van der Waals surface area contributed by atoms with Crippen molar-refractivity contribution < 1.29 is 24.2 Å². The van der Waals surface area contributed by atoms with Gasteiger partial charge in [-0.2, -0.15) is 0 Å². The van der Waals surface area contributed by atoms with Gasteiger partial charge in [-0.3, -0.25) is 9.59 Å². The first-order valence-electron chi connectivity index (χ1n) is 24.9. The van der Waals surface area contributed by atoms with Gasteiger partial charge in [-0.1, -0.05) is 182 Å². The van der Waals surface area contributed by atoms with Crippen LogP contribution in [0.25, 0.3) is 0 Å². The highest BCUT2D eigenvalue weighted by Gasteiger charge is 2.26. The third-order valence-corrected chi connectivity index (χ3v) is 12.2. The Hall–Kier alpha value is -1.18. The quantitative estimate of drug-likeness (QED) is 0.0471. The molecule has 56 heavy (non-hydrogen) atoms. The lowest BCUT2D eigenvalue weighted by Gasteiger charge is -2.39. The maximum atomic E-state index is 13.1. The smallest absolute Gasteiger partial charge is 0.308 e. The summed E-state index contributed by atoms with van der Waals surface area (Å²) in [7, 11) is 0. The first-order valence-corrected chi connectivity index (χ1v) is 24.9. The minimum absolute atomic E-state index is 0.0510. The molecular weight excluding hydrogens is 697 g/mol. The minimum Gasteiger partial charge on any atom is -0.465 e. The van der Waals surface area contributed by atoms with Gasteiger partial charge >= 0.3 is 11.9 Å². The van der Waals surface area contributed by atoms with Crippen molar-refractivity contribution >= 4 is 11.9 Å². The summed E-state index contributed by atoms with van der Waals surface area (Å²) in [6, 6.07) is 0.920. The van der Waals surface area contributed by atoms with E-state index in [1.807, 2.05) is 0 Å². The molecule has 1 aliphatic rings. The molecule has 0 amide bonds. The zero-order chi connectivity index (χ0) is 40.7. The minimum atomic E-state index is 0.0510. The van der Waals surface area contributed by atoms with Crippen LogP contribution < -0.4 is 5.32 Å². The fraction of sp³-hybridized carbons (Fsp3) is 0.959. The third kappa shape index (κ3) is 29.9. The molecule has 4 unspecified atom stereocenters. The van der Waals surface area contributed by atoms with Crippen molar-refractivity contribution in [1.82, 2.24) is 10.2 Å². The van der Waals surface area contributed by atoms with Gasteiger partial charge in [0.25, 0.3) is 0 Å². The first kappa shape index (κ1) is 52.8. The molecule has 0 radical (unpaired) electrons. The molecular formula is C49H96N2O5. The molecule has 0 aromatic heterocycles. The van der Waals surface area contributed by atoms with Gasteiger partial charge in [0.05, 0.1) is 25.0 Å². The van der Waals surface area contributed by atoms with E-state index in [0.717, 1.165) is 129 Å². The van der Waals surface area contributed by atoms with Crippen LogP contribution in [-0.4, -0.2) is 73.5 Å². The molecule has 332 valence electrons. The van der Waals surface area contributed by atoms with Crippen LogP contribution in [0.5, 0.6) is 0 Å². The Morgan fingerprint density at radius 1 is 0.500 bits per heavy atom. The first-order chi connectivity index (χ1) is 27.5. The van der Waals surface area contributed by atoms with E-state index in [2.05, 4.69) is 37.9 Å². The topological polar surface area (TPSA) is 88.1 Å². The molecule has 0 aromatic rings. The number of nitrogens with one attached hydrogen (secondary N) is 1. The van der Waals surface area contributed by atoms with Gasteiger partial charge in [-0.25, -0.2) is 0 Å². The standard InChI is InChI=1S/C49H96N2O5/c1-5-9-13-17-19-25-34-44(32-23-15-11-7-3)48(53)55-40-29-21-27-36-46-42-51(38-31-39-52)43-47(50-46)37-28-22-30-41-56-49(54)45(33-24-16-12-8-4)35-26-20-18-14-10-6-2/h44-47,50,52H,5-43H2,1-4H3. The van der Waals surface area contributed by atoms with Gasteiger partial charge < -0.3 is 24.8 Å². The molecule has 0 spiro atoms. The Balaban J connectivity index is 2.40. The molecule has 0 aliphatic carbocycles. The van der Waals surface area contributed by atoms with Gasteiger partial charge in [0, 0.05) is 38.3 Å². The Morgan fingerprint density at radius 2 is 0.839 bits per heavy atom. The largest absolute Gasteiger partial charge is 0.465 e. The number of hydrogen-bond donors (Lipinski definition) is 2. The maximum absolute atomic E-state index is 13.1. The number of piperazine rings is 1. The molecule has 1 rings (SSSR count). The highest BCUT2D eigenvalue weighted by Crippen LogP contribution is 2.23. The molecule has 2 N–H and O–H groups in total. The van der Waals surface area contributed by atoms with Crippen LogP contribution in [0.4, 0.5) is 0 Å². The highest BCUT2D eigenvalue weighted by atomic mass is 16.5. The number of nitrogens with zero attached hydrogens (tertiary/aromatic N) is 1. The van der Waals surface area contributed by atoms with Crippen molar-refractivity contribution in [1.29, 1.82) is 0 Å². The molecule has 1 aliphatic heterocycles. The normalized spacial score (nSPS) is 17.2. The van der Waals surface area contributed by atoms with Crippen molar-refractivity contribution in [2.45, 2.75) is 252 Å². The fourth-order valence-electron chi connectivity index (χ4n) is 8.62. The van der Waals surface area contributed by atoms with E-state index in [4.69, 9.17) is 9.47 Å². The molecule has 7 heteroatoms. The molecule has 1 saturated heterocycles. The van der Waals surface area contributed by atoms with Crippen LogP contribution in [-0.2, 0) is 19.1 Å². The van der Waals surface area contributed by atoms with Gasteiger partial charge in [0.2, 0.25) is 0 Å². The summed E-state index contributed by atoms with van der Waals surface area (Å²) in [5, 5.41) is 13.5. The predicted octanol–water partition coefficient (Wildman–Crippen LogP) is 12.9. The van der Waals surface area contributed by atoms with Crippen LogP contribution in [0.15, 0.2) is 0 Å². The van der Waals surface area contributed by atoms with Gasteiger partial charge in [0.1, 0.15) is 0 Å². The molecule has 0 saturated carbocycles. The van der Waals surface area contributed by atoms with Crippen molar-refractivity contribution in [2.24, 2.45) is 11.8 Å². The average molecular weight is 793 g/mol. The molecule has 1 fully saturated rings.